The van der Waals surface area contributed by atoms with Crippen molar-refractivity contribution in [2.45, 2.75) is 32.7 Å². The Bertz CT molecular complexity index is 433. The van der Waals surface area contributed by atoms with Crippen LogP contribution in [0.3, 0.4) is 0 Å². The predicted octanol–water partition coefficient (Wildman–Crippen LogP) is 2.80. The lowest BCUT2D eigenvalue weighted by Gasteiger charge is -2.21. The number of hydrogen-bond donors (Lipinski definition) is 2. The van der Waals surface area contributed by atoms with Crippen LogP contribution in [-0.4, -0.2) is 18.1 Å². The number of anilines is 1. The summed E-state index contributed by atoms with van der Waals surface area (Å²) >= 11 is 6.03. The number of halogens is 1. The fraction of sp³-hybridized carbons (Fsp3) is 0.462. The number of nitrogens with one attached hydrogen (secondary N) is 1. The molecular weight excluding hydrogens is 252 g/mol. The maximum atomic E-state index is 11.9. The van der Waals surface area contributed by atoms with Crippen molar-refractivity contribution in [1.29, 1.82) is 0 Å². The molecule has 18 heavy (non-hydrogen) atoms. The smallest absolute Gasteiger partial charge is 0.244 e. The van der Waals surface area contributed by atoms with Crippen molar-refractivity contribution >= 4 is 23.2 Å². The van der Waals surface area contributed by atoms with Crippen molar-refractivity contribution in [1.82, 2.24) is 0 Å². The summed E-state index contributed by atoms with van der Waals surface area (Å²) in [5, 5.41) is 3.20. The lowest BCUT2D eigenvalue weighted by molar-refractivity contribution is -0.120. The van der Waals surface area contributed by atoms with E-state index in [1.54, 1.807) is 25.1 Å². The number of benzene rings is 1. The van der Waals surface area contributed by atoms with E-state index in [1.807, 2.05) is 13.8 Å². The molecule has 0 saturated heterocycles. The topological polar surface area (TPSA) is 64.3 Å². The second-order valence-electron chi connectivity index (χ2n) is 4.30. The first-order valence-electron chi connectivity index (χ1n) is 5.93. The summed E-state index contributed by atoms with van der Waals surface area (Å²) in [5.41, 5.74) is 5.58. The zero-order valence-electron chi connectivity index (χ0n) is 10.9. The Labute approximate surface area is 112 Å². The molecule has 0 bridgehead atoms. The van der Waals surface area contributed by atoms with Gasteiger partial charge in [-0.25, -0.2) is 0 Å². The lowest BCUT2D eigenvalue weighted by Crippen LogP contribution is -2.47. The Morgan fingerprint density at radius 1 is 1.50 bits per heavy atom. The van der Waals surface area contributed by atoms with E-state index in [9.17, 15) is 4.79 Å². The average Bonchev–Trinajstić information content (AvgIpc) is 2.32. The minimum Gasteiger partial charge on any atom is -0.492 e. The predicted molar refractivity (Wildman–Crippen MR) is 74.1 cm³/mol. The maximum Gasteiger partial charge on any atom is 0.244 e. The van der Waals surface area contributed by atoms with E-state index >= 15 is 0 Å². The molecule has 0 aliphatic carbocycles. The van der Waals surface area contributed by atoms with Gasteiger partial charge in [0.2, 0.25) is 5.91 Å². The molecule has 100 valence electrons. The number of rotatable bonds is 5. The Hall–Kier alpha value is -1.26. The molecule has 0 spiro atoms. The normalized spacial score (nSPS) is 13.8. The summed E-state index contributed by atoms with van der Waals surface area (Å²) in [5.74, 6) is 0.369. The molecule has 0 heterocycles. The number of hydrogen-bond acceptors (Lipinski definition) is 3. The zero-order valence-corrected chi connectivity index (χ0v) is 11.7. The van der Waals surface area contributed by atoms with Gasteiger partial charge in [0, 0.05) is 5.69 Å². The zero-order chi connectivity index (χ0) is 13.8. The van der Waals surface area contributed by atoms with E-state index < -0.39 is 5.54 Å². The van der Waals surface area contributed by atoms with Crippen molar-refractivity contribution < 1.29 is 9.53 Å². The molecule has 1 aromatic rings. The molecule has 1 rings (SSSR count). The van der Waals surface area contributed by atoms with Crippen molar-refractivity contribution in [2.75, 3.05) is 11.9 Å². The first-order valence-corrected chi connectivity index (χ1v) is 6.31. The van der Waals surface area contributed by atoms with Crippen LogP contribution in [0.15, 0.2) is 18.2 Å². The number of nitrogens with two attached hydrogens (primary N) is 1. The van der Waals surface area contributed by atoms with E-state index in [2.05, 4.69) is 5.32 Å². The number of carbonyl (C=O) groups excluding carboxylic acids is 1. The van der Waals surface area contributed by atoms with Gasteiger partial charge in [0.1, 0.15) is 5.75 Å². The highest BCUT2D eigenvalue weighted by Gasteiger charge is 2.25. The molecule has 5 heteroatoms. The summed E-state index contributed by atoms with van der Waals surface area (Å²) in [6.07, 6.45) is 0.559. The molecule has 1 aromatic carbocycles. The molecule has 1 atom stereocenters. The SMILES string of the molecule is CCOc1ccc(NC(=O)C(C)(N)CC)cc1Cl. The first kappa shape index (κ1) is 14.8. The van der Waals surface area contributed by atoms with E-state index in [0.717, 1.165) is 0 Å². The Morgan fingerprint density at radius 3 is 2.67 bits per heavy atom. The third-order valence-electron chi connectivity index (χ3n) is 2.74. The van der Waals surface area contributed by atoms with Crippen LogP contribution < -0.4 is 15.8 Å². The fourth-order valence-corrected chi connectivity index (χ4v) is 1.52. The standard InChI is InChI=1S/C13H19ClN2O2/c1-4-13(3,15)12(17)16-9-6-7-11(18-5-2)10(14)8-9/h6-8H,4-5,15H2,1-3H3,(H,16,17). The van der Waals surface area contributed by atoms with Gasteiger partial charge in [-0.3, -0.25) is 4.79 Å². The van der Waals surface area contributed by atoms with Crippen LogP contribution >= 0.6 is 11.6 Å². The van der Waals surface area contributed by atoms with Crippen molar-refractivity contribution in [3.8, 4) is 5.75 Å². The minimum absolute atomic E-state index is 0.231. The van der Waals surface area contributed by atoms with Gasteiger partial charge in [0.15, 0.2) is 0 Å². The van der Waals surface area contributed by atoms with Crippen molar-refractivity contribution in [3.63, 3.8) is 0 Å². The van der Waals surface area contributed by atoms with Crippen LogP contribution in [-0.2, 0) is 4.79 Å². The highest BCUT2D eigenvalue weighted by atomic mass is 35.5. The molecule has 0 aromatic heterocycles. The van der Waals surface area contributed by atoms with Gasteiger partial charge in [-0.1, -0.05) is 18.5 Å². The van der Waals surface area contributed by atoms with Crippen LogP contribution in [0.1, 0.15) is 27.2 Å². The molecule has 4 nitrogen and oxygen atoms in total. The van der Waals surface area contributed by atoms with Crippen LogP contribution in [0.5, 0.6) is 5.75 Å². The second-order valence-corrected chi connectivity index (χ2v) is 4.71. The van der Waals surface area contributed by atoms with Gasteiger partial charge >= 0.3 is 0 Å². The van der Waals surface area contributed by atoms with Crippen molar-refractivity contribution in [3.05, 3.63) is 23.2 Å². The fourth-order valence-electron chi connectivity index (χ4n) is 1.29. The van der Waals surface area contributed by atoms with Crippen LogP contribution in [0.2, 0.25) is 5.02 Å². The molecule has 1 amide bonds. The summed E-state index contributed by atoms with van der Waals surface area (Å²) in [6, 6.07) is 5.11. The molecular formula is C13H19ClN2O2. The lowest BCUT2D eigenvalue weighted by atomic mass is 9.99. The van der Waals surface area contributed by atoms with Crippen molar-refractivity contribution in [2.24, 2.45) is 5.73 Å². The number of ether oxygens (including phenoxy) is 1. The third kappa shape index (κ3) is 3.62. The van der Waals surface area contributed by atoms with Gasteiger partial charge in [-0.05, 0) is 38.5 Å². The van der Waals surface area contributed by atoms with Gasteiger partial charge in [0.25, 0.3) is 0 Å². The summed E-state index contributed by atoms with van der Waals surface area (Å²) in [7, 11) is 0. The van der Waals surface area contributed by atoms with Gasteiger partial charge in [0.05, 0.1) is 17.2 Å². The maximum absolute atomic E-state index is 11.9. The molecule has 0 aliphatic rings. The first-order chi connectivity index (χ1) is 8.40. The Morgan fingerprint density at radius 2 is 2.17 bits per heavy atom. The van der Waals surface area contributed by atoms with Gasteiger partial charge < -0.3 is 15.8 Å². The Kier molecular flexibility index (Phi) is 4.99. The van der Waals surface area contributed by atoms with Gasteiger partial charge in [-0.15, -0.1) is 0 Å². The highest BCUT2D eigenvalue weighted by molar-refractivity contribution is 6.32. The molecule has 0 aliphatic heterocycles. The highest BCUT2D eigenvalue weighted by Crippen LogP contribution is 2.28. The molecule has 3 N–H and O–H groups in total. The molecule has 0 fully saturated rings. The van der Waals surface area contributed by atoms with E-state index in [1.165, 1.54) is 0 Å². The number of carbonyl (C=O) groups is 1. The van der Waals surface area contributed by atoms with Crippen LogP contribution in [0.25, 0.3) is 0 Å². The van der Waals surface area contributed by atoms with Gasteiger partial charge in [-0.2, -0.15) is 0 Å². The van der Waals surface area contributed by atoms with E-state index in [0.29, 0.717) is 29.5 Å². The molecule has 0 radical (unpaired) electrons. The van der Waals surface area contributed by atoms with Crippen LogP contribution in [0.4, 0.5) is 5.69 Å². The van der Waals surface area contributed by atoms with Crippen LogP contribution in [0, 0.1) is 0 Å². The third-order valence-corrected chi connectivity index (χ3v) is 3.04. The quantitative estimate of drug-likeness (QED) is 0.865. The summed E-state index contributed by atoms with van der Waals surface area (Å²) < 4.78 is 5.32. The average molecular weight is 271 g/mol. The monoisotopic (exact) mass is 270 g/mol. The largest absolute Gasteiger partial charge is 0.492 e. The summed E-state index contributed by atoms with van der Waals surface area (Å²) in [6.45, 7) is 5.98. The molecule has 1 unspecified atom stereocenters. The van der Waals surface area contributed by atoms with E-state index in [-0.39, 0.29) is 5.91 Å². The molecule has 0 saturated carbocycles. The van der Waals surface area contributed by atoms with E-state index in [4.69, 9.17) is 22.1 Å². The Balaban J connectivity index is 2.81. The number of amides is 1. The minimum atomic E-state index is -0.884. The second kappa shape index (κ2) is 6.07. The summed E-state index contributed by atoms with van der Waals surface area (Å²) in [4.78, 5) is 11.9.